The van der Waals surface area contributed by atoms with E-state index in [9.17, 15) is 15.8 Å². The Kier molecular flexibility index (Phi) is 3.01. The Labute approximate surface area is 133 Å². The molecule has 1 N–H and O–H groups in total. The highest BCUT2D eigenvalue weighted by Gasteiger charge is 2.79. The predicted octanol–water partition coefficient (Wildman–Crippen LogP) is 2.64. The van der Waals surface area contributed by atoms with Gasteiger partial charge >= 0.3 is 0 Å². The number of rotatable bonds is 2. The molecule has 2 aliphatic heterocycles. The molecule has 4 atom stereocenters. The van der Waals surface area contributed by atoms with Gasteiger partial charge in [0.25, 0.3) is 0 Å². The van der Waals surface area contributed by atoms with Crippen LogP contribution >= 0.6 is 0 Å². The third-order valence-electron chi connectivity index (χ3n) is 4.92. The zero-order valence-corrected chi connectivity index (χ0v) is 12.7. The summed E-state index contributed by atoms with van der Waals surface area (Å²) in [5.41, 5.74) is -3.65. The van der Waals surface area contributed by atoms with Crippen LogP contribution in [0.1, 0.15) is 32.1 Å². The molecule has 0 saturated carbocycles. The normalized spacial score (nSPS) is 37.3. The van der Waals surface area contributed by atoms with Crippen molar-refractivity contribution in [2.75, 3.05) is 0 Å². The van der Waals surface area contributed by atoms with Crippen molar-refractivity contribution in [2.24, 2.45) is 16.7 Å². The van der Waals surface area contributed by atoms with Crippen molar-refractivity contribution in [3.8, 4) is 18.2 Å². The molecule has 0 aromatic carbocycles. The molecule has 3 rings (SSSR count). The van der Waals surface area contributed by atoms with Crippen LogP contribution < -0.4 is 0 Å². The van der Waals surface area contributed by atoms with Crippen LogP contribution in [0, 0.1) is 56.2 Å². The van der Waals surface area contributed by atoms with Gasteiger partial charge in [-0.15, -0.1) is 0 Å². The fraction of sp³-hybridized carbons (Fsp3) is 0.500. The summed E-state index contributed by atoms with van der Waals surface area (Å²) >= 11 is 0. The number of hydrogen-bond donors (Lipinski definition) is 1. The number of furan rings is 1. The number of nitriles is 3. The van der Waals surface area contributed by atoms with Gasteiger partial charge in [-0.25, -0.2) is 0 Å². The van der Waals surface area contributed by atoms with Gasteiger partial charge in [-0.2, -0.15) is 15.8 Å². The monoisotopic (exact) mass is 310 g/mol. The van der Waals surface area contributed by atoms with Gasteiger partial charge in [0, 0.05) is 6.92 Å². The molecular weight excluding hydrogens is 296 g/mol. The molecule has 2 aliphatic rings. The zero-order chi connectivity index (χ0) is 16.9. The first-order valence-corrected chi connectivity index (χ1v) is 7.18. The average Bonchev–Trinajstić information content (AvgIpc) is 3.12. The highest BCUT2D eigenvalue weighted by atomic mass is 16.7. The lowest BCUT2D eigenvalue weighted by Crippen LogP contribution is -2.58. The first-order valence-electron chi connectivity index (χ1n) is 7.18. The van der Waals surface area contributed by atoms with Crippen molar-refractivity contribution in [1.29, 1.82) is 21.2 Å². The summed E-state index contributed by atoms with van der Waals surface area (Å²) in [6, 6.07) is 9.14. The quantitative estimate of drug-likeness (QED) is 0.894. The van der Waals surface area contributed by atoms with Crippen molar-refractivity contribution < 1.29 is 13.9 Å². The molecule has 4 unspecified atom stereocenters. The largest absolute Gasteiger partial charge is 0.466 e. The SMILES string of the molecule is CCC1C2(C)OC(=N)C1(C#N)C(C#N)(C#N)C(c1ccco1)O2. The van der Waals surface area contributed by atoms with Crippen LogP contribution in [-0.4, -0.2) is 11.7 Å². The Morgan fingerprint density at radius 1 is 1.26 bits per heavy atom. The van der Waals surface area contributed by atoms with E-state index in [4.69, 9.17) is 19.3 Å². The average molecular weight is 310 g/mol. The van der Waals surface area contributed by atoms with E-state index < -0.39 is 34.5 Å². The molecule has 23 heavy (non-hydrogen) atoms. The maximum atomic E-state index is 9.91. The van der Waals surface area contributed by atoms with E-state index in [0.717, 1.165) is 0 Å². The van der Waals surface area contributed by atoms with Gasteiger partial charge in [0.2, 0.25) is 17.1 Å². The van der Waals surface area contributed by atoms with E-state index in [1.807, 2.05) is 19.1 Å². The summed E-state index contributed by atoms with van der Waals surface area (Å²) in [6.45, 7) is 3.44. The molecule has 116 valence electrons. The maximum Gasteiger partial charge on any atom is 0.215 e. The minimum absolute atomic E-state index is 0.256. The van der Waals surface area contributed by atoms with E-state index in [-0.39, 0.29) is 5.76 Å². The lowest BCUT2D eigenvalue weighted by atomic mass is 9.53. The van der Waals surface area contributed by atoms with E-state index in [1.165, 1.54) is 6.26 Å². The molecule has 0 amide bonds. The Balaban J connectivity index is 2.35. The second-order valence-corrected chi connectivity index (χ2v) is 5.87. The molecule has 0 radical (unpaired) electrons. The molecule has 7 nitrogen and oxygen atoms in total. The van der Waals surface area contributed by atoms with E-state index in [2.05, 4.69) is 6.07 Å². The van der Waals surface area contributed by atoms with Gasteiger partial charge in [0.15, 0.2) is 11.5 Å². The number of nitrogens with one attached hydrogen (secondary N) is 1. The highest BCUT2D eigenvalue weighted by molar-refractivity contribution is 5.89. The second kappa shape index (κ2) is 4.59. The smallest absolute Gasteiger partial charge is 0.215 e. The Bertz CT molecular complexity index is 768. The molecular formula is C16H14N4O3. The Morgan fingerprint density at radius 3 is 2.43 bits per heavy atom. The van der Waals surface area contributed by atoms with E-state index in [0.29, 0.717) is 6.42 Å². The molecule has 1 aromatic heterocycles. The van der Waals surface area contributed by atoms with E-state index in [1.54, 1.807) is 19.1 Å². The van der Waals surface area contributed by atoms with Crippen molar-refractivity contribution in [2.45, 2.75) is 32.2 Å². The third-order valence-corrected chi connectivity index (χ3v) is 4.92. The van der Waals surface area contributed by atoms with Crippen molar-refractivity contribution in [1.82, 2.24) is 0 Å². The van der Waals surface area contributed by atoms with Crippen molar-refractivity contribution in [3.63, 3.8) is 0 Å². The first kappa shape index (κ1) is 15.1. The van der Waals surface area contributed by atoms with Crippen molar-refractivity contribution >= 4 is 5.90 Å². The van der Waals surface area contributed by atoms with Crippen LogP contribution in [0.4, 0.5) is 0 Å². The Hall–Kier alpha value is -2.82. The minimum atomic E-state index is -1.94. The molecule has 0 aliphatic carbocycles. The fourth-order valence-electron chi connectivity index (χ4n) is 3.92. The number of hydrogen-bond acceptors (Lipinski definition) is 7. The number of ether oxygens (including phenoxy) is 2. The molecule has 0 spiro atoms. The predicted molar refractivity (Wildman–Crippen MR) is 75.2 cm³/mol. The molecule has 2 bridgehead atoms. The molecule has 3 heterocycles. The second-order valence-electron chi connectivity index (χ2n) is 5.87. The van der Waals surface area contributed by atoms with Crippen LogP contribution in [0.25, 0.3) is 0 Å². The van der Waals surface area contributed by atoms with Gasteiger partial charge in [0.05, 0.1) is 30.4 Å². The molecule has 2 saturated heterocycles. The summed E-state index contributed by atoms with van der Waals surface area (Å²) < 4.78 is 16.8. The number of nitrogens with zero attached hydrogens (tertiary/aromatic N) is 3. The molecule has 7 heteroatoms. The summed E-state index contributed by atoms with van der Waals surface area (Å²) in [7, 11) is 0. The van der Waals surface area contributed by atoms with Crippen LogP contribution in [0.3, 0.4) is 0 Å². The molecule has 1 aromatic rings. The topological polar surface area (TPSA) is 127 Å². The fourth-order valence-corrected chi connectivity index (χ4v) is 3.92. The third kappa shape index (κ3) is 1.46. The number of fused-ring (bicyclic) bond motifs is 2. The van der Waals surface area contributed by atoms with Crippen LogP contribution in [-0.2, 0) is 9.47 Å². The van der Waals surface area contributed by atoms with Crippen LogP contribution in [0.2, 0.25) is 0 Å². The maximum absolute atomic E-state index is 9.91. The summed E-state index contributed by atoms with van der Waals surface area (Å²) in [5, 5.41) is 37.8. The van der Waals surface area contributed by atoms with Gasteiger partial charge in [-0.05, 0) is 18.6 Å². The van der Waals surface area contributed by atoms with Crippen LogP contribution in [0.15, 0.2) is 22.8 Å². The van der Waals surface area contributed by atoms with Gasteiger partial charge in [0.1, 0.15) is 5.76 Å². The first-order chi connectivity index (χ1) is 11.0. The lowest BCUT2D eigenvalue weighted by molar-refractivity contribution is -0.276. The highest BCUT2D eigenvalue weighted by Crippen LogP contribution is 2.67. The van der Waals surface area contributed by atoms with Gasteiger partial charge in [-0.3, -0.25) is 5.41 Å². The van der Waals surface area contributed by atoms with Gasteiger partial charge in [-0.1, -0.05) is 6.92 Å². The summed E-state index contributed by atoms with van der Waals surface area (Å²) in [6.07, 6.45) is 0.699. The van der Waals surface area contributed by atoms with Gasteiger partial charge < -0.3 is 13.9 Å². The van der Waals surface area contributed by atoms with Crippen LogP contribution in [0.5, 0.6) is 0 Å². The minimum Gasteiger partial charge on any atom is -0.466 e. The lowest BCUT2D eigenvalue weighted by Gasteiger charge is -2.47. The standard InChI is InChI=1S/C16H14N4O3/c1-3-11-14(2)22-12(10-5-4-6-21-10)15(7-17,8-18)16(11,9-19)13(20)23-14/h4-6,11-12,20H,3H2,1-2H3. The summed E-state index contributed by atoms with van der Waals surface area (Å²) in [4.78, 5) is 0. The van der Waals surface area contributed by atoms with E-state index >= 15 is 0 Å². The molecule has 2 fully saturated rings. The Morgan fingerprint density at radius 2 is 1.96 bits per heavy atom. The summed E-state index contributed by atoms with van der Waals surface area (Å²) in [5.74, 6) is -2.02. The zero-order valence-electron chi connectivity index (χ0n) is 12.7. The van der Waals surface area contributed by atoms with Crippen molar-refractivity contribution in [3.05, 3.63) is 24.2 Å².